The zero-order chi connectivity index (χ0) is 44.0. The number of fused-ring (bicyclic) bond motifs is 10. The molecule has 5 aromatic heterocycles. The predicted molar refractivity (Wildman–Crippen MR) is 271 cm³/mol. The fraction of sp³-hybridized carbons (Fsp3) is 0. The summed E-state index contributed by atoms with van der Waals surface area (Å²) in [5.41, 5.74) is 12.9. The number of rotatable bonds is 7. The van der Waals surface area contributed by atoms with E-state index in [1.165, 1.54) is 16.2 Å². The summed E-state index contributed by atoms with van der Waals surface area (Å²) in [6.07, 6.45) is 5.79. The molecule has 5 heterocycles. The number of hydrogen-bond donors (Lipinski definition) is 0. The average Bonchev–Trinajstić information content (AvgIpc) is 4.13. The van der Waals surface area contributed by atoms with Gasteiger partial charge in [-0.3, -0.25) is 13.7 Å². The summed E-state index contributed by atoms with van der Waals surface area (Å²) in [4.78, 5) is 5.16. The van der Waals surface area contributed by atoms with Crippen LogP contribution in [-0.2, 0) is 0 Å². The summed E-state index contributed by atoms with van der Waals surface area (Å²) in [7, 11) is 0. The van der Waals surface area contributed by atoms with Crippen LogP contribution in [0, 0.1) is 6.33 Å². The number of aromatic nitrogens is 6. The van der Waals surface area contributed by atoms with Gasteiger partial charge in [-0.2, -0.15) is 0 Å². The summed E-state index contributed by atoms with van der Waals surface area (Å²) < 4.78 is 18.1. The summed E-state index contributed by atoms with van der Waals surface area (Å²) in [6, 6.07) is 78.8. The molecule has 67 heavy (non-hydrogen) atoms. The highest BCUT2D eigenvalue weighted by atomic mass is 16.5. The highest BCUT2D eigenvalue weighted by Crippen LogP contribution is 2.39. The molecule has 0 unspecified atom stereocenters. The first-order chi connectivity index (χ1) is 33.2. The lowest BCUT2D eigenvalue weighted by Gasteiger charge is -2.14. The van der Waals surface area contributed by atoms with E-state index in [0.717, 1.165) is 100 Å². The van der Waals surface area contributed by atoms with E-state index in [0.29, 0.717) is 0 Å². The van der Waals surface area contributed by atoms with Gasteiger partial charge < -0.3 is 13.9 Å². The number of imidazole rings is 1. The Kier molecular flexibility index (Phi) is 8.15. The van der Waals surface area contributed by atoms with Crippen molar-refractivity contribution in [3.8, 4) is 40.1 Å². The van der Waals surface area contributed by atoms with Crippen molar-refractivity contribution >= 4 is 76.5 Å². The van der Waals surface area contributed by atoms with Crippen molar-refractivity contribution in [2.24, 2.45) is 0 Å². The summed E-state index contributed by atoms with van der Waals surface area (Å²) >= 11 is 0. The predicted octanol–water partition coefficient (Wildman–Crippen LogP) is 14.2. The quantitative estimate of drug-likeness (QED) is 0.118. The van der Waals surface area contributed by atoms with E-state index in [9.17, 15) is 0 Å². The molecule has 0 bridgehead atoms. The summed E-state index contributed by atoms with van der Waals surface area (Å²) in [6.45, 7) is 0. The Morgan fingerprint density at radius 3 is 1.64 bits per heavy atom. The van der Waals surface area contributed by atoms with E-state index in [4.69, 9.17) is 9.72 Å². The first-order valence-electron chi connectivity index (χ1n) is 22.5. The van der Waals surface area contributed by atoms with Crippen LogP contribution in [-0.4, -0.2) is 23.3 Å². The topological polar surface area (TPSA) is 45.7 Å². The number of nitrogens with zero attached hydrogens (tertiary/aromatic N) is 6. The minimum Gasteiger partial charge on any atom is -0.458 e. The molecule has 14 rings (SSSR count). The Balaban J connectivity index is 0.875. The van der Waals surface area contributed by atoms with E-state index in [1.807, 2.05) is 18.3 Å². The van der Waals surface area contributed by atoms with Crippen LogP contribution in [0.1, 0.15) is 0 Å². The molecule has 0 radical (unpaired) electrons. The number of benzene rings is 9. The second-order valence-corrected chi connectivity index (χ2v) is 17.0. The van der Waals surface area contributed by atoms with Gasteiger partial charge in [-0.15, -0.1) is 0 Å². The van der Waals surface area contributed by atoms with Gasteiger partial charge in [0, 0.05) is 56.3 Å². The van der Waals surface area contributed by atoms with E-state index >= 15 is 0 Å². The van der Waals surface area contributed by atoms with Crippen molar-refractivity contribution < 1.29 is 9.30 Å². The van der Waals surface area contributed by atoms with Crippen LogP contribution < -0.4 is 9.30 Å². The van der Waals surface area contributed by atoms with E-state index in [-0.39, 0.29) is 0 Å². The average molecular weight is 859 g/mol. The zero-order valence-electron chi connectivity index (χ0n) is 36.0. The van der Waals surface area contributed by atoms with Gasteiger partial charge in [-0.05, 0) is 78.9 Å². The Hall–Kier alpha value is -9.20. The maximum absolute atomic E-state index is 6.80. The molecule has 0 aliphatic heterocycles. The standard InChI is InChI=1S/C60H38N6O/c1-2-17-40(18-3-1)64-50-25-8-7-24-47(50)49-38-61-60(37-59(49)64)66-53-28-11-6-23-46(53)48-34-33-43(36-58(48)66)67-42-20-16-19-41(35-42)62-39-63(55-30-13-12-29-54(55)62)56-31-14-15-32-57(56)65-51-26-9-4-21-44(51)45-22-5-10-27-52(45)65/h1-38H. The third kappa shape index (κ3) is 5.71. The molecule has 0 saturated heterocycles. The highest BCUT2D eigenvalue weighted by molar-refractivity contribution is 6.12. The Morgan fingerprint density at radius 2 is 0.910 bits per heavy atom. The van der Waals surface area contributed by atoms with Crippen molar-refractivity contribution in [1.29, 1.82) is 0 Å². The molecular formula is C60H38N6O. The number of pyridine rings is 1. The molecule has 0 atom stereocenters. The van der Waals surface area contributed by atoms with Crippen LogP contribution >= 0.6 is 0 Å². The minimum atomic E-state index is 0.717. The molecule has 0 aliphatic rings. The van der Waals surface area contributed by atoms with Gasteiger partial charge >= 0.3 is 0 Å². The second-order valence-electron chi connectivity index (χ2n) is 17.0. The minimum absolute atomic E-state index is 0.717. The van der Waals surface area contributed by atoms with Gasteiger partial charge in [0.1, 0.15) is 17.3 Å². The lowest BCUT2D eigenvalue weighted by molar-refractivity contribution is -0.572. The highest BCUT2D eigenvalue weighted by Gasteiger charge is 2.21. The van der Waals surface area contributed by atoms with Gasteiger partial charge in [0.25, 0.3) is 6.33 Å². The summed E-state index contributed by atoms with van der Waals surface area (Å²) in [5.74, 6) is 2.28. The Morgan fingerprint density at radius 1 is 0.373 bits per heavy atom. The Bertz CT molecular complexity index is 4210. The van der Waals surface area contributed by atoms with Crippen LogP contribution in [0.4, 0.5) is 0 Å². The van der Waals surface area contributed by atoms with Gasteiger partial charge in [0.15, 0.2) is 0 Å². The molecule has 0 amide bonds. The number of ether oxygens (including phenoxy) is 1. The molecule has 0 spiro atoms. The van der Waals surface area contributed by atoms with Gasteiger partial charge in [0.05, 0.1) is 61.2 Å². The van der Waals surface area contributed by atoms with Crippen molar-refractivity contribution in [1.82, 2.24) is 23.3 Å². The van der Waals surface area contributed by atoms with Crippen molar-refractivity contribution in [3.05, 3.63) is 237 Å². The monoisotopic (exact) mass is 858 g/mol. The largest absolute Gasteiger partial charge is 0.458 e. The SMILES string of the molecule is [c-]1n(-c2cccc(Oc3ccc4c5ccccc5n(-c5cc6c(cn5)c5ccccc5n6-c5ccccc5)c4c3)c2)c2ccccc2[n+]1-c1ccccc1-n1c2ccccc2c2ccccc21. The first kappa shape index (κ1) is 37.2. The van der Waals surface area contributed by atoms with Crippen molar-refractivity contribution in [2.45, 2.75) is 0 Å². The van der Waals surface area contributed by atoms with Gasteiger partial charge in [-0.25, -0.2) is 4.98 Å². The summed E-state index contributed by atoms with van der Waals surface area (Å²) in [5, 5.41) is 7.01. The molecule has 14 aromatic rings. The molecule has 0 aliphatic carbocycles. The third-order valence-electron chi connectivity index (χ3n) is 13.3. The van der Waals surface area contributed by atoms with Crippen LogP contribution in [0.3, 0.4) is 0 Å². The molecule has 0 saturated carbocycles. The number of para-hydroxylation sites is 9. The molecular weight excluding hydrogens is 821 g/mol. The van der Waals surface area contributed by atoms with Gasteiger partial charge in [0.2, 0.25) is 0 Å². The maximum Gasteiger partial charge on any atom is 0.269 e. The van der Waals surface area contributed by atoms with Crippen molar-refractivity contribution in [3.63, 3.8) is 0 Å². The number of hydrogen-bond acceptors (Lipinski definition) is 2. The van der Waals surface area contributed by atoms with Gasteiger partial charge in [-0.1, -0.05) is 133 Å². The van der Waals surface area contributed by atoms with Crippen LogP contribution in [0.2, 0.25) is 0 Å². The fourth-order valence-electron chi connectivity index (χ4n) is 10.4. The molecule has 7 heteroatoms. The zero-order valence-corrected chi connectivity index (χ0v) is 36.0. The van der Waals surface area contributed by atoms with Crippen LogP contribution in [0.15, 0.2) is 231 Å². The van der Waals surface area contributed by atoms with E-state index < -0.39 is 0 Å². The fourth-order valence-corrected chi connectivity index (χ4v) is 10.4. The molecule has 7 nitrogen and oxygen atoms in total. The van der Waals surface area contributed by atoms with Crippen LogP contribution in [0.5, 0.6) is 11.5 Å². The third-order valence-corrected chi connectivity index (χ3v) is 13.3. The molecule has 314 valence electrons. The van der Waals surface area contributed by atoms with E-state index in [2.05, 4.69) is 241 Å². The van der Waals surface area contributed by atoms with Crippen LogP contribution in [0.25, 0.3) is 105 Å². The Labute approximate surface area is 384 Å². The first-order valence-corrected chi connectivity index (χ1v) is 22.5. The normalized spacial score (nSPS) is 11.9. The maximum atomic E-state index is 6.80. The lowest BCUT2D eigenvalue weighted by atomic mass is 10.1. The second kappa shape index (κ2) is 14.7. The molecule has 0 fully saturated rings. The smallest absolute Gasteiger partial charge is 0.269 e. The van der Waals surface area contributed by atoms with E-state index in [1.54, 1.807) is 0 Å². The molecule has 9 aromatic carbocycles. The molecule has 0 N–H and O–H groups in total. The lowest BCUT2D eigenvalue weighted by Crippen LogP contribution is -2.31. The van der Waals surface area contributed by atoms with Crippen molar-refractivity contribution in [2.75, 3.05) is 0 Å².